The van der Waals surface area contributed by atoms with Crippen LogP contribution >= 0.6 is 39.1 Å². The van der Waals surface area contributed by atoms with Gasteiger partial charge in [-0.15, -0.1) is 0 Å². The van der Waals surface area contributed by atoms with Gasteiger partial charge in [-0.25, -0.2) is 9.59 Å². The van der Waals surface area contributed by atoms with Crippen LogP contribution in [0.2, 0.25) is 23.4 Å². The van der Waals surface area contributed by atoms with E-state index in [1.54, 1.807) is 103 Å². The summed E-state index contributed by atoms with van der Waals surface area (Å²) in [5.74, 6) is -1.05. The Morgan fingerprint density at radius 2 is 0.929 bits per heavy atom. The first-order valence-electron chi connectivity index (χ1n) is 28.7. The number of rotatable bonds is 23. The van der Waals surface area contributed by atoms with Crippen molar-refractivity contribution in [3.05, 3.63) is 191 Å². The Balaban J connectivity index is 0.000000287. The van der Waals surface area contributed by atoms with Gasteiger partial charge in [0.25, 0.3) is 11.1 Å². The van der Waals surface area contributed by atoms with Crippen molar-refractivity contribution < 1.29 is 38.1 Å². The second-order valence-electron chi connectivity index (χ2n) is 22.8. The third-order valence-electron chi connectivity index (χ3n) is 13.5. The number of aromatic nitrogens is 2. The number of nitrogens with zero attached hydrogens (tertiary/aromatic N) is 2. The molecule has 6 rings (SSSR count). The number of hydrogen-bond acceptors (Lipinski definition) is 10. The molecule has 2 N–H and O–H groups in total. The summed E-state index contributed by atoms with van der Waals surface area (Å²) in [6.45, 7) is 18.4. The number of nitrogens with one attached hydrogen (secondary N) is 2. The van der Waals surface area contributed by atoms with Gasteiger partial charge in [-0.3, -0.25) is 9.59 Å². The van der Waals surface area contributed by atoms with Crippen LogP contribution < -0.4 is 25.3 Å². The average molecular weight is 1360 g/mol. The number of pyridine rings is 2. The van der Waals surface area contributed by atoms with E-state index in [-0.39, 0.29) is 17.5 Å². The van der Waals surface area contributed by atoms with Gasteiger partial charge in [0.05, 0.1) is 34.7 Å². The van der Waals surface area contributed by atoms with Gasteiger partial charge in [-0.05, 0) is 71.1 Å². The normalized spacial score (nSPS) is 12.0. The molecule has 0 fully saturated rings. The fourth-order valence-electron chi connectivity index (χ4n) is 9.38. The van der Waals surface area contributed by atoms with E-state index in [2.05, 4.69) is 71.6 Å². The Morgan fingerprint density at radius 3 is 1.31 bits per heavy atom. The number of unbranched alkanes of at least 4 members (excludes halogenated alkanes) is 3. The minimum absolute atomic E-state index is 0.0757. The maximum atomic E-state index is 13.1. The van der Waals surface area contributed by atoms with E-state index in [1.807, 2.05) is 60.7 Å². The molecule has 2 atom stereocenters. The number of amides is 2. The molecule has 84 heavy (non-hydrogen) atoms. The predicted molar refractivity (Wildman–Crippen MR) is 344 cm³/mol. The predicted octanol–water partition coefficient (Wildman–Crippen LogP) is 14.5. The van der Waals surface area contributed by atoms with Crippen LogP contribution in [0.15, 0.2) is 148 Å². The number of alkyl carbamates (subject to hydrolysis) is 2. The molecule has 0 saturated heterocycles. The van der Waals surface area contributed by atoms with Crippen molar-refractivity contribution in [2.24, 2.45) is 0 Å². The summed E-state index contributed by atoms with van der Waals surface area (Å²) >= 11 is 12.9. The van der Waals surface area contributed by atoms with Crippen molar-refractivity contribution in [2.75, 3.05) is 14.2 Å². The number of benzene rings is 4. The van der Waals surface area contributed by atoms with Crippen molar-refractivity contribution >= 4 is 85.2 Å². The van der Waals surface area contributed by atoms with Crippen LogP contribution in [0.3, 0.4) is 0 Å². The van der Waals surface area contributed by atoms with Gasteiger partial charge in [0.15, 0.2) is 0 Å². The van der Waals surface area contributed by atoms with Gasteiger partial charge in [0.1, 0.15) is 11.6 Å². The fourth-order valence-corrected chi connectivity index (χ4v) is 26.4. The zero-order valence-corrected chi connectivity index (χ0v) is 56.6. The smallest absolute Gasteiger partial charge is 0.408 e. The van der Waals surface area contributed by atoms with E-state index < -0.39 is 65.8 Å². The molecule has 0 aliphatic carbocycles. The molecule has 0 bridgehead atoms. The molecule has 0 saturated carbocycles. The summed E-state index contributed by atoms with van der Waals surface area (Å²) in [6.07, 6.45) is 10.3. The van der Waals surface area contributed by atoms with E-state index in [9.17, 15) is 28.8 Å². The van der Waals surface area contributed by atoms with Crippen molar-refractivity contribution in [1.29, 1.82) is 0 Å². The minimum Gasteiger partial charge on any atom is -0.467 e. The molecule has 0 aliphatic heterocycles. The number of esters is 2. The number of methoxy groups -OCH3 is 2. The quantitative estimate of drug-likeness (QED) is 0.0357. The first-order chi connectivity index (χ1) is 39.8. The Hall–Kier alpha value is -5.88. The van der Waals surface area contributed by atoms with Crippen LogP contribution in [0.25, 0.3) is 11.1 Å². The number of carbonyl (C=O) groups excluding carboxylic acids is 4. The number of hydrogen-bond donors (Lipinski definition) is 2. The third kappa shape index (κ3) is 24.2. The van der Waals surface area contributed by atoms with Crippen molar-refractivity contribution in [3.63, 3.8) is 0 Å². The summed E-state index contributed by atoms with van der Waals surface area (Å²) in [5.41, 5.74) is 3.45. The molecule has 2 amide bonds. The molecule has 454 valence electrons. The Morgan fingerprint density at radius 1 is 0.548 bits per heavy atom. The third-order valence-corrected chi connectivity index (χ3v) is 30.2. The van der Waals surface area contributed by atoms with Crippen molar-refractivity contribution in [2.45, 2.75) is 163 Å². The van der Waals surface area contributed by atoms with Gasteiger partial charge in [0, 0.05) is 24.4 Å². The van der Waals surface area contributed by atoms with E-state index in [0.717, 1.165) is 22.3 Å². The Bertz CT molecular complexity index is 3120. The zero-order chi connectivity index (χ0) is 62.0. The number of ether oxygens (including phenoxy) is 4. The molecule has 0 radical (unpaired) electrons. The van der Waals surface area contributed by atoms with E-state index in [1.165, 1.54) is 66.1 Å². The topological polar surface area (TPSA) is 173 Å². The minimum atomic E-state index is -2.47. The molecule has 4 aromatic carbocycles. The summed E-state index contributed by atoms with van der Waals surface area (Å²) in [5, 5.41) is 6.23. The van der Waals surface area contributed by atoms with Crippen LogP contribution in [0.5, 0.6) is 0 Å². The molecule has 14 nitrogen and oxygen atoms in total. The Kier molecular flexibility index (Phi) is 29.4. The molecule has 18 heteroatoms. The maximum absolute atomic E-state index is 13.1. The van der Waals surface area contributed by atoms with Crippen LogP contribution in [0.4, 0.5) is 9.59 Å². The Labute approximate surface area is 519 Å². The van der Waals surface area contributed by atoms with Gasteiger partial charge in [-0.2, -0.15) is 0 Å². The molecule has 6 aromatic rings. The van der Waals surface area contributed by atoms with Gasteiger partial charge < -0.3 is 23.9 Å². The molecule has 2 unspecified atom stereocenters. The largest absolute Gasteiger partial charge is 0.467 e. The summed E-state index contributed by atoms with van der Waals surface area (Å²) in [4.78, 5) is 73.9. The molecule has 2 aromatic heterocycles. The molecular weight excluding hydrogens is 1280 g/mol. The molecule has 0 aliphatic rings. The monoisotopic (exact) mass is 1360 g/mol. The first kappa shape index (κ1) is 70.6. The summed E-state index contributed by atoms with van der Waals surface area (Å²) in [7, 11) is 2.60. The summed E-state index contributed by atoms with van der Waals surface area (Å²) < 4.78 is 29.9. The van der Waals surface area contributed by atoms with Crippen LogP contribution in [0, 0.1) is 0 Å². The van der Waals surface area contributed by atoms with Gasteiger partial charge >= 0.3 is 219 Å². The van der Waals surface area contributed by atoms with E-state index in [4.69, 9.17) is 42.1 Å². The SMILES string of the molecule is CCC[CH2][Sn]([CH2]CCC)([CH2]CCC)[c]1ccc(CC(NC(=O)OC(C)(C)C)C(=O)OC)cc1.COC(=O)C(Cc1ccc(-c2cc(Cl)cn(Cc3ccccc3)c2=O)cc1)NC(=O)OC(C)(C)C.O=c1c(Br)cc(Cl)cn1Cc1ccccc1. The van der Waals surface area contributed by atoms with Gasteiger partial charge in [0.2, 0.25) is 0 Å². The second-order valence-corrected chi connectivity index (χ2v) is 37.7. The van der Waals surface area contributed by atoms with Gasteiger partial charge in [-0.1, -0.05) is 108 Å². The first-order valence-corrected chi connectivity index (χ1v) is 37.7. The van der Waals surface area contributed by atoms with E-state index in [0.29, 0.717) is 45.2 Å². The van der Waals surface area contributed by atoms with Crippen molar-refractivity contribution in [1.82, 2.24) is 19.8 Å². The average Bonchev–Trinajstić information content (AvgIpc) is 2.72. The number of halogens is 3. The molecule has 2 heterocycles. The molecule has 0 spiro atoms. The van der Waals surface area contributed by atoms with E-state index >= 15 is 0 Å². The summed E-state index contributed by atoms with van der Waals surface area (Å²) in [6, 6.07) is 37.1. The van der Waals surface area contributed by atoms with Crippen LogP contribution in [0.1, 0.15) is 123 Å². The molecular formula is C66H85BrCl2N4O10Sn. The zero-order valence-electron chi connectivity index (χ0n) is 50.7. The second kappa shape index (κ2) is 34.9. The maximum Gasteiger partial charge on any atom is 0.408 e. The fraction of sp³-hybridized carbons (Fsp3) is 0.424. The van der Waals surface area contributed by atoms with Crippen LogP contribution in [-0.2, 0) is 54.5 Å². The van der Waals surface area contributed by atoms with Crippen LogP contribution in [-0.4, -0.2) is 89.1 Å². The number of carbonyl (C=O) groups is 4. The standard InChI is InChI=1S/C27H29ClN2O5.C15H20NO4.C12H9BrClNO.3C4H9.Sn/c1-27(2,3)35-26(33)29-23(25(32)34-4)14-18-10-12-20(13-11-18)22-15-21(28)17-30(24(22)31)16-19-8-6-5-7-9-19;1-15(2,3)20-14(18)16-12(13(17)19-4)10-11-8-6-5-7-9-11;13-11-6-10(14)8-15(12(11)16)7-9-4-2-1-3-5-9;3*1-3-4-2;/h5-13,15,17,23H,14,16H2,1-4H3,(H,29,33);6-9,12H,10H2,1-4H3,(H,16,18);1-6,8H,7H2;3*1,3-4H2,2H3;. The van der Waals surface area contributed by atoms with Crippen molar-refractivity contribution in [3.8, 4) is 11.1 Å².